The van der Waals surface area contributed by atoms with Crippen LogP contribution in [0.15, 0.2) is 36.4 Å². The van der Waals surface area contributed by atoms with Crippen LogP contribution in [0.25, 0.3) is 0 Å². The molecule has 2 aromatic rings. The van der Waals surface area contributed by atoms with Gasteiger partial charge in [-0.1, -0.05) is 0 Å². The van der Waals surface area contributed by atoms with E-state index in [0.717, 1.165) is 12.7 Å². The molecule has 5 N–H and O–H groups in total. The van der Waals surface area contributed by atoms with E-state index in [1.807, 2.05) is 12.1 Å². The zero-order valence-corrected chi connectivity index (χ0v) is 24.0. The molecule has 0 unspecified atom stereocenters. The van der Waals surface area contributed by atoms with Crippen molar-refractivity contribution in [3.8, 4) is 17.2 Å². The predicted molar refractivity (Wildman–Crippen MR) is 151 cm³/mol. The van der Waals surface area contributed by atoms with Gasteiger partial charge in [-0.2, -0.15) is 0 Å². The Bertz CT molecular complexity index is 1020. The fourth-order valence-electron chi connectivity index (χ4n) is 3.50. The summed E-state index contributed by atoms with van der Waals surface area (Å²) in [7, 11) is 0. The van der Waals surface area contributed by atoms with Crippen molar-refractivity contribution in [1.82, 2.24) is 4.90 Å². The summed E-state index contributed by atoms with van der Waals surface area (Å²) >= 11 is 4.38. The SMILES string of the molecule is NC(=O)CCC(=O)CN(CCO)C(=O)CC[C@H](CO)Cc1cc(I)c(Oc2ccc(O)cc2)c(I)c1. The number of nitrogens with zero attached hydrogens (tertiary/aromatic N) is 1. The number of Topliss-reactive ketones (excluding diaryl/α,β-unsaturated/α-hetero) is 1. The van der Waals surface area contributed by atoms with E-state index in [1.165, 1.54) is 4.90 Å². The third-order valence-electron chi connectivity index (χ3n) is 5.40. The lowest BCUT2D eigenvalue weighted by Crippen LogP contribution is -2.38. The summed E-state index contributed by atoms with van der Waals surface area (Å²) in [6.07, 6.45) is 0.944. The van der Waals surface area contributed by atoms with Gasteiger partial charge in [0, 0.05) is 32.4 Å². The van der Waals surface area contributed by atoms with Crippen molar-refractivity contribution in [3.63, 3.8) is 0 Å². The van der Waals surface area contributed by atoms with Gasteiger partial charge in [-0.05, 0) is 106 Å². The molecule has 0 bridgehead atoms. The molecule has 9 nitrogen and oxygen atoms in total. The summed E-state index contributed by atoms with van der Waals surface area (Å²) in [5, 5.41) is 28.6. The number of ether oxygens (including phenoxy) is 1. The van der Waals surface area contributed by atoms with Crippen LogP contribution in [0.3, 0.4) is 0 Å². The van der Waals surface area contributed by atoms with Gasteiger partial charge in [0.15, 0.2) is 11.5 Å². The highest BCUT2D eigenvalue weighted by Gasteiger charge is 2.20. The van der Waals surface area contributed by atoms with Crippen molar-refractivity contribution < 1.29 is 34.4 Å². The lowest BCUT2D eigenvalue weighted by atomic mass is 9.95. The molecular weight excluding hydrogens is 694 g/mol. The molecule has 2 aromatic carbocycles. The van der Waals surface area contributed by atoms with Gasteiger partial charge in [0.05, 0.1) is 20.3 Å². The number of benzene rings is 2. The Hall–Kier alpha value is -1.97. The number of ketones is 1. The van der Waals surface area contributed by atoms with E-state index >= 15 is 0 Å². The van der Waals surface area contributed by atoms with E-state index in [0.29, 0.717) is 24.3 Å². The number of hydrogen-bond donors (Lipinski definition) is 4. The normalized spacial score (nSPS) is 11.7. The average Bonchev–Trinajstić information content (AvgIpc) is 2.83. The number of primary amides is 1. The molecule has 36 heavy (non-hydrogen) atoms. The van der Waals surface area contributed by atoms with Crippen molar-refractivity contribution >= 4 is 62.8 Å². The second-order valence-corrected chi connectivity index (χ2v) is 10.6. The first-order chi connectivity index (χ1) is 17.1. The number of amides is 2. The number of aliphatic hydroxyl groups is 2. The van der Waals surface area contributed by atoms with E-state index in [1.54, 1.807) is 24.3 Å². The Morgan fingerprint density at radius 2 is 1.64 bits per heavy atom. The number of hydrogen-bond acceptors (Lipinski definition) is 7. The quantitative estimate of drug-likeness (QED) is 0.207. The molecule has 0 saturated heterocycles. The minimum atomic E-state index is -0.585. The smallest absolute Gasteiger partial charge is 0.223 e. The second kappa shape index (κ2) is 15.3. The highest BCUT2D eigenvalue weighted by molar-refractivity contribution is 14.1. The number of carbonyl (C=O) groups excluding carboxylic acids is 3. The van der Waals surface area contributed by atoms with Crippen LogP contribution in [-0.4, -0.2) is 64.1 Å². The van der Waals surface area contributed by atoms with E-state index in [9.17, 15) is 29.7 Å². The average molecular weight is 724 g/mol. The monoisotopic (exact) mass is 724 g/mol. The first-order valence-corrected chi connectivity index (χ1v) is 13.5. The number of phenols is 1. The molecule has 2 rings (SSSR count). The van der Waals surface area contributed by atoms with Crippen molar-refractivity contribution in [2.75, 3.05) is 26.3 Å². The van der Waals surface area contributed by atoms with Crippen LogP contribution in [0, 0.1) is 13.1 Å². The molecule has 0 spiro atoms. The number of rotatable bonds is 15. The summed E-state index contributed by atoms with van der Waals surface area (Å²) in [6.45, 7) is -0.559. The first-order valence-electron chi connectivity index (χ1n) is 11.4. The maximum atomic E-state index is 12.7. The van der Waals surface area contributed by atoms with Crippen LogP contribution in [0.2, 0.25) is 0 Å². The summed E-state index contributed by atoms with van der Waals surface area (Å²) in [4.78, 5) is 36.9. The second-order valence-electron chi connectivity index (χ2n) is 8.32. The lowest BCUT2D eigenvalue weighted by Gasteiger charge is -2.22. The first kappa shape index (κ1) is 30.3. The topological polar surface area (TPSA) is 150 Å². The number of nitrogens with two attached hydrogens (primary N) is 1. The van der Waals surface area contributed by atoms with Crippen LogP contribution in [-0.2, 0) is 20.8 Å². The highest BCUT2D eigenvalue weighted by atomic mass is 127. The van der Waals surface area contributed by atoms with E-state index in [2.05, 4.69) is 45.2 Å². The minimum absolute atomic E-state index is 0.0177. The number of aromatic hydroxyl groups is 1. The molecule has 0 aromatic heterocycles. The molecule has 11 heteroatoms. The molecule has 2 amide bonds. The van der Waals surface area contributed by atoms with Crippen molar-refractivity contribution in [2.45, 2.75) is 32.1 Å². The van der Waals surface area contributed by atoms with Crippen LogP contribution in [0.4, 0.5) is 0 Å². The maximum absolute atomic E-state index is 12.7. The molecule has 0 aliphatic heterocycles. The van der Waals surface area contributed by atoms with Gasteiger partial charge in [0.1, 0.15) is 11.5 Å². The maximum Gasteiger partial charge on any atom is 0.223 e. The van der Waals surface area contributed by atoms with Crippen molar-refractivity contribution in [1.29, 1.82) is 0 Å². The Kier molecular flexibility index (Phi) is 12.9. The molecule has 0 saturated carbocycles. The third-order valence-corrected chi connectivity index (χ3v) is 7.01. The Morgan fingerprint density at radius 1 is 1.00 bits per heavy atom. The molecule has 1 atom stereocenters. The predicted octanol–water partition coefficient (Wildman–Crippen LogP) is 2.98. The van der Waals surface area contributed by atoms with Gasteiger partial charge in [-0.3, -0.25) is 14.4 Å². The summed E-state index contributed by atoms with van der Waals surface area (Å²) < 4.78 is 7.75. The summed E-state index contributed by atoms with van der Waals surface area (Å²) in [5.74, 6) is 0.102. The Labute approximate surface area is 237 Å². The molecule has 0 heterocycles. The molecule has 0 radical (unpaired) electrons. The largest absolute Gasteiger partial charge is 0.508 e. The summed E-state index contributed by atoms with van der Waals surface area (Å²) in [5.41, 5.74) is 6.05. The molecule has 0 fully saturated rings. The fourth-order valence-corrected chi connectivity index (χ4v) is 5.62. The van der Waals surface area contributed by atoms with Crippen LogP contribution >= 0.6 is 45.2 Å². The zero-order chi connectivity index (χ0) is 26.7. The van der Waals surface area contributed by atoms with Gasteiger partial charge in [-0.15, -0.1) is 0 Å². The number of carbonyl (C=O) groups is 3. The standard InChI is InChI=1S/C25H30I2N2O7/c26-21-12-17(13-22(27)25(21)36-20-5-2-18(32)3-6-20)11-16(15-31)1-8-24(35)29(9-10-30)14-19(33)4-7-23(28)34/h2-3,5-6,12-13,16,30-32H,1,4,7-11,14-15H2,(H2,28,34)/t16-/m0/s1. The highest BCUT2D eigenvalue weighted by Crippen LogP contribution is 2.34. The Morgan fingerprint density at radius 3 is 2.19 bits per heavy atom. The van der Waals surface area contributed by atoms with Gasteiger partial charge in [-0.25, -0.2) is 0 Å². The van der Waals surface area contributed by atoms with Gasteiger partial charge >= 0.3 is 0 Å². The van der Waals surface area contributed by atoms with Crippen molar-refractivity contribution in [3.05, 3.63) is 49.1 Å². The summed E-state index contributed by atoms with van der Waals surface area (Å²) in [6, 6.07) is 10.4. The molecule has 0 aliphatic rings. The van der Waals surface area contributed by atoms with Gasteiger partial charge in [0.25, 0.3) is 0 Å². The lowest BCUT2D eigenvalue weighted by molar-refractivity contribution is -0.136. The number of phenolic OH excluding ortho intramolecular Hbond substituents is 1. The van der Waals surface area contributed by atoms with Gasteiger partial charge in [0.2, 0.25) is 11.8 Å². The van der Waals surface area contributed by atoms with E-state index in [4.69, 9.17) is 10.5 Å². The third kappa shape index (κ3) is 10.2. The fraction of sp³-hybridized carbons (Fsp3) is 0.400. The molecule has 0 aliphatic carbocycles. The van der Waals surface area contributed by atoms with Gasteiger partial charge < -0.3 is 30.7 Å². The number of halogens is 2. The Balaban J connectivity index is 1.98. The molecular formula is C25H30I2N2O7. The number of aliphatic hydroxyl groups excluding tert-OH is 2. The molecule has 196 valence electrons. The van der Waals surface area contributed by atoms with Crippen LogP contribution < -0.4 is 10.5 Å². The minimum Gasteiger partial charge on any atom is -0.508 e. The van der Waals surface area contributed by atoms with Crippen LogP contribution in [0.1, 0.15) is 31.2 Å². The zero-order valence-electron chi connectivity index (χ0n) is 19.7. The van der Waals surface area contributed by atoms with Crippen molar-refractivity contribution in [2.24, 2.45) is 11.7 Å². The van der Waals surface area contributed by atoms with E-state index in [-0.39, 0.29) is 68.9 Å². The van der Waals surface area contributed by atoms with E-state index < -0.39 is 5.91 Å². The van der Waals surface area contributed by atoms with Crippen LogP contribution in [0.5, 0.6) is 17.2 Å².